The number of nitro groups is 1. The molecule has 34 heavy (non-hydrogen) atoms. The molecule has 174 valence electrons. The van der Waals surface area contributed by atoms with Gasteiger partial charge in [0.25, 0.3) is 5.69 Å². The van der Waals surface area contributed by atoms with Crippen LogP contribution in [0.4, 0.5) is 11.4 Å². The van der Waals surface area contributed by atoms with Crippen molar-refractivity contribution in [3.8, 4) is 11.5 Å². The molecule has 0 aliphatic carbocycles. The summed E-state index contributed by atoms with van der Waals surface area (Å²) >= 11 is 0. The Hall–Kier alpha value is -4.66. The van der Waals surface area contributed by atoms with E-state index in [0.717, 1.165) is 16.7 Å². The van der Waals surface area contributed by atoms with E-state index in [1.54, 1.807) is 42.6 Å². The van der Waals surface area contributed by atoms with E-state index in [1.807, 2.05) is 6.07 Å². The van der Waals surface area contributed by atoms with Crippen molar-refractivity contribution in [1.29, 1.82) is 0 Å². The molecule has 0 unspecified atom stereocenters. The van der Waals surface area contributed by atoms with Gasteiger partial charge in [-0.15, -0.1) is 6.58 Å². The second-order valence-corrected chi connectivity index (χ2v) is 7.17. The molecule has 0 saturated carbocycles. The van der Waals surface area contributed by atoms with Gasteiger partial charge in [-0.05, 0) is 53.9 Å². The van der Waals surface area contributed by atoms with Crippen LogP contribution in [-0.2, 0) is 13.0 Å². The van der Waals surface area contributed by atoms with Crippen LogP contribution in [0.5, 0.6) is 11.5 Å². The van der Waals surface area contributed by atoms with Gasteiger partial charge in [0.15, 0.2) is 11.5 Å². The van der Waals surface area contributed by atoms with Crippen LogP contribution in [0, 0.1) is 10.1 Å². The number of carboxylic acids is 1. The predicted octanol–water partition coefficient (Wildman–Crippen LogP) is 5.06. The highest BCUT2D eigenvalue weighted by molar-refractivity contribution is 5.87. The van der Waals surface area contributed by atoms with Crippen molar-refractivity contribution in [3.63, 3.8) is 0 Å². The first-order valence-corrected chi connectivity index (χ1v) is 10.2. The fourth-order valence-corrected chi connectivity index (χ4v) is 3.12. The third kappa shape index (κ3) is 6.19. The Morgan fingerprint density at radius 3 is 2.47 bits per heavy atom. The number of nitrogens with one attached hydrogen (secondary N) is 1. The molecule has 0 bridgehead atoms. The lowest BCUT2D eigenvalue weighted by Gasteiger charge is -2.16. The topological polar surface area (TPSA) is 123 Å². The van der Waals surface area contributed by atoms with Gasteiger partial charge in [0.1, 0.15) is 6.61 Å². The maximum atomic E-state index is 11.0. The summed E-state index contributed by atoms with van der Waals surface area (Å²) in [5.74, 6) is 0.0891. The van der Waals surface area contributed by atoms with E-state index < -0.39 is 10.9 Å². The molecule has 3 rings (SSSR count). The van der Waals surface area contributed by atoms with E-state index >= 15 is 0 Å². The van der Waals surface area contributed by atoms with Crippen LogP contribution in [0.25, 0.3) is 0 Å². The van der Waals surface area contributed by atoms with Crippen LogP contribution >= 0.6 is 0 Å². The molecular formula is C25H23N3O6. The molecule has 9 nitrogen and oxygen atoms in total. The lowest BCUT2D eigenvalue weighted by Crippen LogP contribution is -2.03. The summed E-state index contributed by atoms with van der Waals surface area (Å²) in [5, 5.41) is 24.0. The van der Waals surface area contributed by atoms with Crippen LogP contribution in [0.1, 0.15) is 27.0 Å². The zero-order chi connectivity index (χ0) is 24.5. The summed E-state index contributed by atoms with van der Waals surface area (Å²) in [4.78, 5) is 21.3. The van der Waals surface area contributed by atoms with E-state index in [0.29, 0.717) is 23.6 Å². The standard InChI is InChI=1S/C25H23N3O6/c1-3-4-20-13-18(15-26-27-21-9-11-22(12-10-21)28(31)32)14-23(33-2)24(20)34-16-17-5-7-19(8-6-17)25(29)30/h3,5-15,27H,1,4,16H2,2H3,(H,29,30). The second-order valence-electron chi connectivity index (χ2n) is 7.17. The summed E-state index contributed by atoms with van der Waals surface area (Å²) in [7, 11) is 1.54. The highest BCUT2D eigenvalue weighted by atomic mass is 16.6. The zero-order valence-corrected chi connectivity index (χ0v) is 18.4. The van der Waals surface area contributed by atoms with Crippen LogP contribution in [0.3, 0.4) is 0 Å². The van der Waals surface area contributed by atoms with Crippen molar-refractivity contribution in [2.24, 2.45) is 5.10 Å². The molecule has 3 aromatic carbocycles. The van der Waals surface area contributed by atoms with Gasteiger partial charge in [0.05, 0.1) is 29.5 Å². The number of hydrazone groups is 1. The van der Waals surface area contributed by atoms with Gasteiger partial charge >= 0.3 is 5.97 Å². The summed E-state index contributed by atoms with van der Waals surface area (Å²) in [5.41, 5.74) is 6.06. The fraction of sp³-hybridized carbons (Fsp3) is 0.120. The van der Waals surface area contributed by atoms with E-state index in [2.05, 4.69) is 17.1 Å². The van der Waals surface area contributed by atoms with Crippen LogP contribution in [0.15, 0.2) is 78.4 Å². The summed E-state index contributed by atoms with van der Waals surface area (Å²) in [6.45, 7) is 4.03. The van der Waals surface area contributed by atoms with Crippen LogP contribution in [-0.4, -0.2) is 29.3 Å². The van der Waals surface area contributed by atoms with E-state index in [4.69, 9.17) is 14.6 Å². The first-order chi connectivity index (χ1) is 16.4. The van der Waals surface area contributed by atoms with Gasteiger partial charge in [-0.1, -0.05) is 18.2 Å². The van der Waals surface area contributed by atoms with Crippen molar-refractivity contribution in [3.05, 3.63) is 106 Å². The maximum absolute atomic E-state index is 11.0. The minimum absolute atomic E-state index is 0.00162. The van der Waals surface area contributed by atoms with Crippen molar-refractivity contribution in [2.75, 3.05) is 12.5 Å². The highest BCUT2D eigenvalue weighted by Crippen LogP contribution is 2.34. The Morgan fingerprint density at radius 1 is 1.18 bits per heavy atom. The van der Waals surface area contributed by atoms with Crippen molar-refractivity contribution < 1.29 is 24.3 Å². The average molecular weight is 461 g/mol. The lowest BCUT2D eigenvalue weighted by atomic mass is 10.1. The van der Waals surface area contributed by atoms with Crippen molar-refractivity contribution in [1.82, 2.24) is 0 Å². The monoisotopic (exact) mass is 461 g/mol. The molecule has 0 amide bonds. The van der Waals surface area contributed by atoms with Gasteiger partial charge in [-0.2, -0.15) is 5.10 Å². The number of hydrogen-bond donors (Lipinski definition) is 2. The van der Waals surface area contributed by atoms with E-state index in [9.17, 15) is 14.9 Å². The molecule has 0 fully saturated rings. The molecule has 0 heterocycles. The molecule has 0 radical (unpaired) electrons. The zero-order valence-electron chi connectivity index (χ0n) is 18.4. The molecule has 0 spiro atoms. The summed E-state index contributed by atoms with van der Waals surface area (Å²) in [6, 6.07) is 16.1. The van der Waals surface area contributed by atoms with Gasteiger partial charge in [-0.25, -0.2) is 4.79 Å². The normalized spacial score (nSPS) is 10.6. The maximum Gasteiger partial charge on any atom is 0.335 e. The fourth-order valence-electron chi connectivity index (χ4n) is 3.12. The molecule has 0 atom stereocenters. The number of rotatable bonds is 11. The van der Waals surface area contributed by atoms with E-state index in [-0.39, 0.29) is 17.9 Å². The summed E-state index contributed by atoms with van der Waals surface area (Å²) < 4.78 is 11.6. The number of anilines is 1. The number of nitrogens with zero attached hydrogens (tertiary/aromatic N) is 2. The molecular weight excluding hydrogens is 438 g/mol. The predicted molar refractivity (Wildman–Crippen MR) is 129 cm³/mol. The van der Waals surface area contributed by atoms with Crippen LogP contribution in [0.2, 0.25) is 0 Å². The number of aromatic carboxylic acids is 1. The van der Waals surface area contributed by atoms with Crippen LogP contribution < -0.4 is 14.9 Å². The minimum atomic E-state index is -0.984. The SMILES string of the molecule is C=CCc1cc(C=NNc2ccc([N+](=O)[O-])cc2)cc(OC)c1OCc1ccc(C(=O)O)cc1. The van der Waals surface area contributed by atoms with Gasteiger partial charge in [0, 0.05) is 17.7 Å². The molecule has 0 aromatic heterocycles. The van der Waals surface area contributed by atoms with Gasteiger partial charge < -0.3 is 14.6 Å². The Morgan fingerprint density at radius 2 is 1.88 bits per heavy atom. The third-order valence-electron chi connectivity index (χ3n) is 4.81. The second kappa shape index (κ2) is 11.3. The molecule has 2 N–H and O–H groups in total. The number of carbonyl (C=O) groups is 1. The van der Waals surface area contributed by atoms with Gasteiger partial charge in [0.2, 0.25) is 0 Å². The van der Waals surface area contributed by atoms with Crippen molar-refractivity contribution >= 4 is 23.6 Å². The largest absolute Gasteiger partial charge is 0.493 e. The number of methoxy groups -OCH3 is 1. The number of allylic oxidation sites excluding steroid dienone is 1. The Kier molecular flexibility index (Phi) is 7.96. The van der Waals surface area contributed by atoms with E-state index in [1.165, 1.54) is 31.4 Å². The molecule has 0 aliphatic rings. The number of carboxylic acid groups (broad SMARTS) is 1. The highest BCUT2D eigenvalue weighted by Gasteiger charge is 2.13. The Labute approximate surface area is 196 Å². The van der Waals surface area contributed by atoms with Gasteiger partial charge in [-0.3, -0.25) is 15.5 Å². The number of non-ortho nitro benzene ring substituents is 1. The molecule has 3 aromatic rings. The number of benzene rings is 3. The first-order valence-electron chi connectivity index (χ1n) is 10.2. The lowest BCUT2D eigenvalue weighted by molar-refractivity contribution is -0.384. The third-order valence-corrected chi connectivity index (χ3v) is 4.81. The van der Waals surface area contributed by atoms with Crippen molar-refractivity contribution in [2.45, 2.75) is 13.0 Å². The molecule has 0 aliphatic heterocycles. The molecule has 0 saturated heterocycles. The number of hydrogen-bond acceptors (Lipinski definition) is 7. The smallest absolute Gasteiger partial charge is 0.335 e. The summed E-state index contributed by atoms with van der Waals surface area (Å²) in [6.07, 6.45) is 3.88. The Balaban J connectivity index is 1.76. The Bertz CT molecular complexity index is 1200. The first kappa shape index (κ1) is 24.0. The number of nitro benzene ring substituents is 1. The molecule has 9 heteroatoms. The minimum Gasteiger partial charge on any atom is -0.493 e. The number of ether oxygens (including phenoxy) is 2. The quantitative estimate of drug-likeness (QED) is 0.177. The average Bonchev–Trinajstić information content (AvgIpc) is 2.84.